The van der Waals surface area contributed by atoms with Crippen molar-refractivity contribution in [2.24, 2.45) is 5.92 Å². The van der Waals surface area contributed by atoms with Gasteiger partial charge in [-0.2, -0.15) is 0 Å². The smallest absolute Gasteiger partial charge is 0.260 e. The van der Waals surface area contributed by atoms with Crippen LogP contribution in [0.25, 0.3) is 0 Å². The molecule has 0 aromatic carbocycles. The van der Waals surface area contributed by atoms with Crippen LogP contribution in [0.5, 0.6) is 0 Å². The molecular weight excluding hydrogens is 456 g/mol. The van der Waals surface area contributed by atoms with Gasteiger partial charge in [-0.05, 0) is 25.8 Å². The van der Waals surface area contributed by atoms with Gasteiger partial charge in [0.1, 0.15) is 5.76 Å². The zero-order chi connectivity index (χ0) is 23.7. The number of hydrogen-bond donors (Lipinski definition) is 2. The van der Waals surface area contributed by atoms with E-state index in [-0.39, 0.29) is 29.6 Å². The van der Waals surface area contributed by atoms with E-state index in [9.17, 15) is 14.4 Å². The Balaban J connectivity index is 1.23. The fraction of sp³-hybridized carbons (Fsp3) is 0.583. The number of Topliss-reactive ketones (excluding diaryl/α,β-unsaturated/α-hetero) is 1. The number of morpholine rings is 1. The van der Waals surface area contributed by atoms with Crippen LogP contribution in [0.4, 0.5) is 5.13 Å². The maximum Gasteiger partial charge on any atom is 0.260 e. The zero-order valence-corrected chi connectivity index (χ0v) is 20.2. The summed E-state index contributed by atoms with van der Waals surface area (Å²) in [5.41, 5.74) is 1.01. The summed E-state index contributed by atoms with van der Waals surface area (Å²) in [6.45, 7) is 5.58. The molecule has 182 valence electrons. The Labute approximate surface area is 202 Å². The molecule has 2 fully saturated rings. The molecule has 10 heteroatoms. The monoisotopic (exact) mass is 486 g/mol. The van der Waals surface area contributed by atoms with Crippen LogP contribution in [0, 0.1) is 12.8 Å². The molecule has 1 aliphatic heterocycles. The number of anilines is 1. The molecule has 1 atom stereocenters. The highest BCUT2D eigenvalue weighted by Gasteiger charge is 2.41. The van der Waals surface area contributed by atoms with Crippen LogP contribution in [0.1, 0.15) is 63.6 Å². The summed E-state index contributed by atoms with van der Waals surface area (Å²) in [5, 5.41) is 6.28. The number of nitrogens with one attached hydrogen (secondary N) is 2. The lowest BCUT2D eigenvalue weighted by atomic mass is 9.88. The number of amides is 2. The summed E-state index contributed by atoms with van der Waals surface area (Å²) in [4.78, 5) is 45.8. The molecule has 1 saturated carbocycles. The predicted molar refractivity (Wildman–Crippen MR) is 126 cm³/mol. The van der Waals surface area contributed by atoms with Crippen molar-refractivity contribution in [1.29, 1.82) is 0 Å². The molecular formula is C24H30N4O5S. The van der Waals surface area contributed by atoms with Crippen molar-refractivity contribution < 1.29 is 23.5 Å². The van der Waals surface area contributed by atoms with Gasteiger partial charge in [0.25, 0.3) is 5.91 Å². The maximum absolute atomic E-state index is 13.1. The number of carbonyl (C=O) groups is 3. The van der Waals surface area contributed by atoms with Gasteiger partial charge in [-0.15, -0.1) is 0 Å². The maximum atomic E-state index is 13.1. The van der Waals surface area contributed by atoms with Gasteiger partial charge < -0.3 is 14.5 Å². The average Bonchev–Trinajstić information content (AvgIpc) is 3.58. The van der Waals surface area contributed by atoms with Gasteiger partial charge in [0.2, 0.25) is 5.91 Å². The van der Waals surface area contributed by atoms with Crippen LogP contribution in [0.15, 0.2) is 16.7 Å². The number of furan rings is 1. The van der Waals surface area contributed by atoms with Gasteiger partial charge in [-0.3, -0.25) is 24.6 Å². The number of thiazole rings is 1. The topological polar surface area (TPSA) is 114 Å². The highest BCUT2D eigenvalue weighted by Crippen LogP contribution is 2.36. The van der Waals surface area contributed by atoms with E-state index in [0.717, 1.165) is 39.1 Å². The molecule has 0 radical (unpaired) electrons. The van der Waals surface area contributed by atoms with Crippen LogP contribution in [-0.4, -0.2) is 65.9 Å². The number of rotatable bonds is 6. The number of ketones is 1. The van der Waals surface area contributed by atoms with Crippen LogP contribution >= 0.6 is 11.3 Å². The number of aromatic nitrogens is 1. The van der Waals surface area contributed by atoms with Gasteiger partial charge >= 0.3 is 0 Å². The number of carbonyl (C=O) groups excluding carboxylic acids is 3. The van der Waals surface area contributed by atoms with Crippen molar-refractivity contribution in [3.8, 4) is 0 Å². The Morgan fingerprint density at radius 2 is 2.00 bits per heavy atom. The van der Waals surface area contributed by atoms with Crippen molar-refractivity contribution in [2.45, 2.75) is 51.0 Å². The highest BCUT2D eigenvalue weighted by atomic mass is 32.1. The number of aryl methyl sites for hydroxylation is 1. The molecule has 2 aromatic heterocycles. The third-order valence-electron chi connectivity index (χ3n) is 7.32. The average molecular weight is 487 g/mol. The molecule has 2 N–H and O–H groups in total. The normalized spacial score (nSPS) is 22.4. The predicted octanol–water partition coefficient (Wildman–Crippen LogP) is 2.80. The molecule has 1 saturated heterocycles. The molecule has 3 heterocycles. The Bertz CT molecular complexity index is 1080. The quantitative estimate of drug-likeness (QED) is 0.645. The number of hydrogen-bond acceptors (Lipinski definition) is 8. The molecule has 2 aliphatic carbocycles. The van der Waals surface area contributed by atoms with E-state index in [4.69, 9.17) is 9.15 Å². The molecule has 3 aliphatic rings. The SMILES string of the molecule is Cc1occc1C(=O)Nc1nc2c(s1)C(=O)CC(C(=O)NCC1(N3CCOCC3)CCCC1)C2. The van der Waals surface area contributed by atoms with E-state index in [1.165, 1.54) is 30.4 Å². The first-order valence-electron chi connectivity index (χ1n) is 11.9. The zero-order valence-electron chi connectivity index (χ0n) is 19.4. The minimum atomic E-state index is -0.440. The largest absolute Gasteiger partial charge is 0.469 e. The summed E-state index contributed by atoms with van der Waals surface area (Å²) in [7, 11) is 0. The fourth-order valence-corrected chi connectivity index (χ4v) is 6.36. The van der Waals surface area contributed by atoms with Crippen LogP contribution < -0.4 is 10.6 Å². The third-order valence-corrected chi connectivity index (χ3v) is 8.38. The minimum Gasteiger partial charge on any atom is -0.469 e. The number of fused-ring (bicyclic) bond motifs is 1. The second kappa shape index (κ2) is 9.59. The molecule has 1 unspecified atom stereocenters. The van der Waals surface area contributed by atoms with Crippen molar-refractivity contribution in [3.05, 3.63) is 34.2 Å². The van der Waals surface area contributed by atoms with Gasteiger partial charge in [0.15, 0.2) is 10.9 Å². The Hall–Kier alpha value is -2.56. The number of ether oxygens (including phenoxy) is 1. The third kappa shape index (κ3) is 4.54. The van der Waals surface area contributed by atoms with E-state index < -0.39 is 5.92 Å². The van der Waals surface area contributed by atoms with E-state index in [1.54, 1.807) is 13.0 Å². The van der Waals surface area contributed by atoms with Gasteiger partial charge in [-0.25, -0.2) is 4.98 Å². The highest BCUT2D eigenvalue weighted by molar-refractivity contribution is 7.17. The lowest BCUT2D eigenvalue weighted by Crippen LogP contribution is -2.58. The lowest BCUT2D eigenvalue weighted by Gasteiger charge is -2.43. The fourth-order valence-electron chi connectivity index (χ4n) is 5.43. The Kier molecular flexibility index (Phi) is 6.54. The number of nitrogens with zero attached hydrogens (tertiary/aromatic N) is 2. The van der Waals surface area contributed by atoms with E-state index in [0.29, 0.717) is 40.0 Å². The second-order valence-corrected chi connectivity index (χ2v) is 10.4. The van der Waals surface area contributed by atoms with Crippen molar-refractivity contribution in [2.75, 3.05) is 38.2 Å². The molecule has 2 aromatic rings. The van der Waals surface area contributed by atoms with Crippen LogP contribution in [0.2, 0.25) is 0 Å². The van der Waals surface area contributed by atoms with E-state index >= 15 is 0 Å². The van der Waals surface area contributed by atoms with Crippen molar-refractivity contribution >= 4 is 34.1 Å². The summed E-state index contributed by atoms with van der Waals surface area (Å²) in [5.74, 6) is -0.438. The molecule has 9 nitrogen and oxygen atoms in total. The van der Waals surface area contributed by atoms with Gasteiger partial charge in [-0.1, -0.05) is 24.2 Å². The Morgan fingerprint density at radius 3 is 2.71 bits per heavy atom. The van der Waals surface area contributed by atoms with Crippen molar-refractivity contribution in [1.82, 2.24) is 15.2 Å². The first-order valence-corrected chi connectivity index (χ1v) is 12.8. The molecule has 0 spiro atoms. The summed E-state index contributed by atoms with van der Waals surface area (Å²) < 4.78 is 10.7. The standard InChI is InChI=1S/C24H30N4O5S/c1-15-17(4-9-33-15)22(31)27-23-26-18-12-16(13-19(29)20(18)34-23)21(30)25-14-24(5-2-3-6-24)28-7-10-32-11-8-28/h4,9,16H,2-3,5-8,10-14H2,1H3,(H,25,30)(H,26,27,31). The lowest BCUT2D eigenvalue weighted by molar-refractivity contribution is -0.126. The van der Waals surface area contributed by atoms with E-state index in [1.807, 2.05) is 0 Å². The molecule has 0 bridgehead atoms. The minimum absolute atomic E-state index is 0.00737. The van der Waals surface area contributed by atoms with Crippen molar-refractivity contribution in [3.63, 3.8) is 0 Å². The first kappa shape index (κ1) is 23.2. The molecule has 2 amide bonds. The molecule has 34 heavy (non-hydrogen) atoms. The van der Waals surface area contributed by atoms with Gasteiger partial charge in [0.05, 0.1) is 41.5 Å². The first-order chi connectivity index (χ1) is 16.4. The van der Waals surface area contributed by atoms with Gasteiger partial charge in [0, 0.05) is 38.0 Å². The Morgan fingerprint density at radius 1 is 1.24 bits per heavy atom. The molecule has 5 rings (SSSR count). The van der Waals surface area contributed by atoms with Crippen LogP contribution in [0.3, 0.4) is 0 Å². The van der Waals surface area contributed by atoms with E-state index in [2.05, 4.69) is 20.5 Å². The van der Waals surface area contributed by atoms with Crippen LogP contribution in [-0.2, 0) is 16.0 Å². The summed E-state index contributed by atoms with van der Waals surface area (Å²) >= 11 is 1.17. The second-order valence-electron chi connectivity index (χ2n) is 9.42. The summed E-state index contributed by atoms with van der Waals surface area (Å²) in [6.07, 6.45) is 6.51. The summed E-state index contributed by atoms with van der Waals surface area (Å²) in [6, 6.07) is 1.59.